The Hall–Kier alpha value is 0.430. The highest BCUT2D eigenvalue weighted by Crippen LogP contribution is 2.43. The Bertz CT molecular complexity index is 178. The normalized spacial score (nSPS) is 21.2. The molecule has 0 amide bonds. The number of halogens is 2. The molecule has 0 aliphatic heterocycles. The first-order chi connectivity index (χ1) is 5.58. The highest BCUT2D eigenvalue weighted by molar-refractivity contribution is 8.08. The number of hydrogen-bond donors (Lipinski definition) is 2. The molecule has 1 rings (SSSR count). The zero-order chi connectivity index (χ0) is 9.03. The van der Waals surface area contributed by atoms with Crippen LogP contribution in [0.5, 0.6) is 0 Å². The third-order valence-electron chi connectivity index (χ3n) is 2.00. The Morgan fingerprint density at radius 3 is 2.25 bits per heavy atom. The van der Waals surface area contributed by atoms with E-state index in [0.29, 0.717) is 0 Å². The van der Waals surface area contributed by atoms with Crippen molar-refractivity contribution in [2.24, 2.45) is 0 Å². The SMILES string of the molecule is FP(F)(=S)NNC1CCCCC1. The molecular weight excluding hydrogens is 201 g/mol. The molecule has 6 heteroatoms. The van der Waals surface area contributed by atoms with Gasteiger partial charge in [-0.2, -0.15) is 13.6 Å². The molecule has 0 bridgehead atoms. The molecule has 12 heavy (non-hydrogen) atoms. The second-order valence-corrected chi connectivity index (χ2v) is 5.58. The summed E-state index contributed by atoms with van der Waals surface area (Å²) in [4.78, 5) is 0. The first-order valence-electron chi connectivity index (χ1n) is 4.10. The summed E-state index contributed by atoms with van der Waals surface area (Å²) in [5.74, 6) is 0. The molecule has 0 spiro atoms. The molecule has 2 nitrogen and oxygen atoms in total. The van der Waals surface area contributed by atoms with Gasteiger partial charge < -0.3 is 0 Å². The van der Waals surface area contributed by atoms with Gasteiger partial charge in [-0.25, -0.2) is 5.43 Å². The van der Waals surface area contributed by atoms with Crippen molar-refractivity contribution in [2.45, 2.75) is 38.1 Å². The molecule has 0 saturated heterocycles. The lowest BCUT2D eigenvalue weighted by Crippen LogP contribution is -2.38. The summed E-state index contributed by atoms with van der Waals surface area (Å²) in [7, 11) is 0. The van der Waals surface area contributed by atoms with Crippen LogP contribution in [0.1, 0.15) is 32.1 Å². The van der Waals surface area contributed by atoms with Crippen LogP contribution in [0.15, 0.2) is 0 Å². The maximum absolute atomic E-state index is 12.2. The molecule has 1 aliphatic rings. The van der Waals surface area contributed by atoms with Gasteiger partial charge in [0.1, 0.15) is 0 Å². The van der Waals surface area contributed by atoms with Crippen molar-refractivity contribution in [1.29, 1.82) is 0 Å². The Morgan fingerprint density at radius 1 is 1.17 bits per heavy atom. The summed E-state index contributed by atoms with van der Waals surface area (Å²) in [5.41, 5.74) is 2.61. The van der Waals surface area contributed by atoms with Gasteiger partial charge in [0, 0.05) is 6.04 Å². The summed E-state index contributed by atoms with van der Waals surface area (Å²) in [6.07, 6.45) is 5.42. The second kappa shape index (κ2) is 4.61. The van der Waals surface area contributed by atoms with Gasteiger partial charge in [-0.1, -0.05) is 19.3 Å². The second-order valence-electron chi connectivity index (χ2n) is 3.05. The van der Waals surface area contributed by atoms with Crippen LogP contribution in [-0.2, 0) is 11.8 Å². The molecule has 1 saturated carbocycles. The standard InChI is InChI=1S/C6H13F2N2PS/c7-11(8,12)10-9-6-4-2-1-3-5-6/h6,9H,1-5H2,(H,10,12). The summed E-state index contributed by atoms with van der Waals surface area (Å²) < 4.78 is 24.5. The van der Waals surface area contributed by atoms with Gasteiger partial charge in [0.15, 0.2) is 0 Å². The molecule has 0 radical (unpaired) electrons. The molecule has 72 valence electrons. The van der Waals surface area contributed by atoms with E-state index in [2.05, 4.69) is 17.2 Å². The minimum Gasteiger partial charge on any atom is -0.247 e. The summed E-state index contributed by atoms with van der Waals surface area (Å²) in [5, 5.41) is 1.93. The lowest BCUT2D eigenvalue weighted by molar-refractivity contribution is 0.360. The van der Waals surface area contributed by atoms with Crippen LogP contribution in [0.3, 0.4) is 0 Å². The Balaban J connectivity index is 2.17. The fourth-order valence-electron chi connectivity index (χ4n) is 1.41. The Labute approximate surface area is 76.4 Å². The molecule has 0 heterocycles. The molecule has 1 aliphatic carbocycles. The molecule has 0 unspecified atom stereocenters. The van der Waals surface area contributed by atoms with E-state index in [1.165, 1.54) is 6.42 Å². The number of hydrazine groups is 1. The van der Waals surface area contributed by atoms with Gasteiger partial charge in [0.05, 0.1) is 0 Å². The first kappa shape index (κ1) is 10.5. The lowest BCUT2D eigenvalue weighted by Gasteiger charge is -2.23. The fraction of sp³-hybridized carbons (Fsp3) is 1.00. The van der Waals surface area contributed by atoms with Gasteiger partial charge in [-0.15, -0.1) is 0 Å². The van der Waals surface area contributed by atoms with E-state index < -0.39 is 6.81 Å². The molecule has 2 N–H and O–H groups in total. The average molecular weight is 214 g/mol. The van der Waals surface area contributed by atoms with Crippen LogP contribution >= 0.6 is 6.81 Å². The van der Waals surface area contributed by atoms with Crippen molar-refractivity contribution in [1.82, 2.24) is 10.6 Å². The zero-order valence-electron chi connectivity index (χ0n) is 6.72. The zero-order valence-corrected chi connectivity index (χ0v) is 8.44. The number of hydrogen-bond acceptors (Lipinski definition) is 2. The van der Waals surface area contributed by atoms with Gasteiger partial charge in [0.25, 0.3) is 0 Å². The monoisotopic (exact) mass is 214 g/mol. The summed E-state index contributed by atoms with van der Waals surface area (Å²) in [6, 6.07) is 0.188. The predicted octanol–water partition coefficient (Wildman–Crippen LogP) is 2.58. The van der Waals surface area contributed by atoms with Crippen molar-refractivity contribution in [3.05, 3.63) is 0 Å². The van der Waals surface area contributed by atoms with Gasteiger partial charge >= 0.3 is 6.81 Å². The van der Waals surface area contributed by atoms with Gasteiger partial charge in [-0.3, -0.25) is 0 Å². The highest BCUT2D eigenvalue weighted by atomic mass is 32.5. The van der Waals surface area contributed by atoms with Crippen molar-refractivity contribution >= 4 is 18.6 Å². The van der Waals surface area contributed by atoms with Gasteiger partial charge in [-0.05, 0) is 24.6 Å². The van der Waals surface area contributed by atoms with Crippen molar-refractivity contribution in [3.63, 3.8) is 0 Å². The quantitative estimate of drug-likeness (QED) is 0.557. The van der Waals surface area contributed by atoms with E-state index in [1.807, 2.05) is 5.20 Å². The van der Waals surface area contributed by atoms with Crippen LogP contribution in [0.4, 0.5) is 8.39 Å². The first-order valence-corrected chi connectivity index (χ1v) is 6.68. The van der Waals surface area contributed by atoms with Crippen molar-refractivity contribution in [3.8, 4) is 0 Å². The van der Waals surface area contributed by atoms with Crippen molar-refractivity contribution in [2.75, 3.05) is 0 Å². The molecule has 0 aromatic carbocycles. The predicted molar refractivity (Wildman–Crippen MR) is 49.6 cm³/mol. The molecule has 0 atom stereocenters. The Kier molecular flexibility index (Phi) is 4.03. The van der Waals surface area contributed by atoms with Crippen LogP contribution < -0.4 is 10.6 Å². The minimum absolute atomic E-state index is 0.188. The van der Waals surface area contributed by atoms with Crippen LogP contribution in [-0.4, -0.2) is 6.04 Å². The van der Waals surface area contributed by atoms with E-state index in [-0.39, 0.29) is 6.04 Å². The van der Waals surface area contributed by atoms with Crippen molar-refractivity contribution < 1.29 is 8.39 Å². The van der Waals surface area contributed by atoms with E-state index in [4.69, 9.17) is 0 Å². The minimum atomic E-state index is -4.26. The molecule has 1 fully saturated rings. The van der Waals surface area contributed by atoms with E-state index >= 15 is 0 Å². The largest absolute Gasteiger partial charge is 0.352 e. The average Bonchev–Trinajstić information content (AvgIpc) is 2.02. The fourth-order valence-corrected chi connectivity index (χ4v) is 1.90. The van der Waals surface area contributed by atoms with E-state index in [9.17, 15) is 8.39 Å². The van der Waals surface area contributed by atoms with Crippen LogP contribution in [0.2, 0.25) is 0 Å². The summed E-state index contributed by atoms with van der Waals surface area (Å²) in [6.45, 7) is -4.26. The maximum atomic E-state index is 12.2. The van der Waals surface area contributed by atoms with Gasteiger partial charge in [0.2, 0.25) is 0 Å². The lowest BCUT2D eigenvalue weighted by atomic mass is 9.96. The molecule has 0 aromatic rings. The van der Waals surface area contributed by atoms with E-state index in [0.717, 1.165) is 25.7 Å². The topological polar surface area (TPSA) is 24.1 Å². The maximum Gasteiger partial charge on any atom is 0.352 e. The Morgan fingerprint density at radius 2 is 1.75 bits per heavy atom. The third kappa shape index (κ3) is 4.45. The third-order valence-corrected chi connectivity index (χ3v) is 2.67. The summed E-state index contributed by atoms with van der Waals surface area (Å²) >= 11 is 3.96. The van der Waals surface area contributed by atoms with Crippen LogP contribution in [0, 0.1) is 0 Å². The highest BCUT2D eigenvalue weighted by Gasteiger charge is 2.17. The number of nitrogens with one attached hydrogen (secondary N) is 2. The van der Waals surface area contributed by atoms with E-state index in [1.54, 1.807) is 0 Å². The smallest absolute Gasteiger partial charge is 0.247 e. The van der Waals surface area contributed by atoms with Crippen LogP contribution in [0.25, 0.3) is 0 Å². The number of rotatable bonds is 3. The molecule has 0 aromatic heterocycles. The molecular formula is C6H13F2N2PS.